The maximum absolute atomic E-state index is 7.01. The lowest BCUT2D eigenvalue weighted by molar-refractivity contribution is 0.0898. The van der Waals surface area contributed by atoms with Crippen LogP contribution in [0.25, 0.3) is 11.0 Å². The minimum absolute atomic E-state index is 0.0457. The van der Waals surface area contributed by atoms with Gasteiger partial charge in [-0.15, -0.1) is 12.6 Å². The average molecular weight is 419 g/mol. The Hall–Kier alpha value is -2.34. The smallest absolute Gasteiger partial charge is 0.240 e. The molecule has 5 heteroatoms. The molecule has 0 spiro atoms. The Morgan fingerprint density at radius 2 is 1.48 bits per heavy atom. The third kappa shape index (κ3) is 4.47. The maximum Gasteiger partial charge on any atom is 0.240 e. The van der Waals surface area contributed by atoms with E-state index in [9.17, 15) is 0 Å². The number of aromatic nitrogens is 2. The zero-order valence-corrected chi connectivity index (χ0v) is 19.0. The first-order valence-corrected chi connectivity index (χ1v) is 11.9. The molecule has 3 aromatic carbocycles. The van der Waals surface area contributed by atoms with Crippen molar-refractivity contribution >= 4 is 43.1 Å². The molecule has 0 amide bonds. The molecule has 29 heavy (non-hydrogen) atoms. The van der Waals surface area contributed by atoms with E-state index >= 15 is 0 Å². The van der Waals surface area contributed by atoms with Crippen molar-refractivity contribution in [3.8, 4) is 0 Å². The Bertz CT molecular complexity index is 1050. The standard InChI is InChI=1S/C24H26N2OSSi/c1-24(2,3)22(17-14-15-20-21(16-17)26-23(28)25-20)27-29(18-10-6-4-7-11-18)19-12-8-5-9-13-19/h4-16,22,29H,1-3H3,(H2,25,26,28). The monoisotopic (exact) mass is 418 g/mol. The summed E-state index contributed by atoms with van der Waals surface area (Å²) < 4.78 is 7.01. The molecule has 1 unspecified atom stereocenters. The van der Waals surface area contributed by atoms with E-state index in [1.807, 2.05) is 6.07 Å². The molecular formula is C24H26N2OSSi. The molecule has 3 nitrogen and oxygen atoms in total. The van der Waals surface area contributed by atoms with Crippen molar-refractivity contribution in [2.75, 3.05) is 0 Å². The van der Waals surface area contributed by atoms with Crippen LogP contribution in [-0.4, -0.2) is 19.0 Å². The minimum Gasteiger partial charge on any atom is -0.403 e. The van der Waals surface area contributed by atoms with Gasteiger partial charge in [-0.25, -0.2) is 4.98 Å². The normalized spacial score (nSPS) is 13.1. The van der Waals surface area contributed by atoms with Gasteiger partial charge in [-0.05, 0) is 33.5 Å². The molecule has 1 aromatic heterocycles. The SMILES string of the molecule is CC(C)(C)C(O[SiH](c1ccccc1)c1ccccc1)c1ccc2nc(S)[nH]c2c1. The predicted octanol–water partition coefficient (Wildman–Crippen LogP) is 4.49. The largest absolute Gasteiger partial charge is 0.403 e. The van der Waals surface area contributed by atoms with Gasteiger partial charge < -0.3 is 9.41 Å². The van der Waals surface area contributed by atoms with E-state index in [0.29, 0.717) is 5.16 Å². The average Bonchev–Trinajstić information content (AvgIpc) is 3.08. The zero-order chi connectivity index (χ0) is 20.4. The number of benzene rings is 3. The highest BCUT2D eigenvalue weighted by Gasteiger charge is 2.32. The van der Waals surface area contributed by atoms with Crippen molar-refractivity contribution in [1.82, 2.24) is 9.97 Å². The molecule has 0 radical (unpaired) electrons. The number of fused-ring (bicyclic) bond motifs is 1. The fourth-order valence-electron chi connectivity index (χ4n) is 3.70. The molecule has 0 saturated heterocycles. The van der Waals surface area contributed by atoms with Crippen LogP contribution in [0.1, 0.15) is 32.4 Å². The summed E-state index contributed by atoms with van der Waals surface area (Å²) in [5.74, 6) is 0. The van der Waals surface area contributed by atoms with Gasteiger partial charge in [-0.1, -0.05) is 87.5 Å². The lowest BCUT2D eigenvalue weighted by Gasteiger charge is -2.35. The Labute approximate surface area is 179 Å². The number of nitrogens with one attached hydrogen (secondary N) is 1. The second kappa shape index (κ2) is 8.18. The van der Waals surface area contributed by atoms with E-state index in [4.69, 9.17) is 4.43 Å². The summed E-state index contributed by atoms with van der Waals surface area (Å²) in [6, 6.07) is 27.6. The number of nitrogens with zero attached hydrogens (tertiary/aromatic N) is 1. The number of H-pyrrole nitrogens is 1. The molecule has 1 heterocycles. The zero-order valence-electron chi connectivity index (χ0n) is 17.0. The van der Waals surface area contributed by atoms with Crippen LogP contribution in [0.3, 0.4) is 0 Å². The summed E-state index contributed by atoms with van der Waals surface area (Å²) in [7, 11) is -1.88. The Morgan fingerprint density at radius 3 is 2.03 bits per heavy atom. The van der Waals surface area contributed by atoms with Crippen molar-refractivity contribution < 1.29 is 4.43 Å². The molecule has 0 fully saturated rings. The van der Waals surface area contributed by atoms with E-state index in [2.05, 4.69) is 116 Å². The van der Waals surface area contributed by atoms with Gasteiger partial charge in [0.15, 0.2) is 5.16 Å². The lowest BCUT2D eigenvalue weighted by atomic mass is 9.85. The van der Waals surface area contributed by atoms with E-state index in [-0.39, 0.29) is 11.5 Å². The Balaban J connectivity index is 1.77. The maximum atomic E-state index is 7.01. The first-order valence-electron chi connectivity index (χ1n) is 9.86. The van der Waals surface area contributed by atoms with Crippen LogP contribution in [-0.2, 0) is 4.43 Å². The van der Waals surface area contributed by atoms with Crippen molar-refractivity contribution in [1.29, 1.82) is 0 Å². The molecule has 148 valence electrons. The van der Waals surface area contributed by atoms with Gasteiger partial charge in [-0.2, -0.15) is 0 Å². The molecule has 1 N–H and O–H groups in total. The summed E-state index contributed by atoms with van der Waals surface area (Å²) in [4.78, 5) is 7.64. The van der Waals surface area contributed by atoms with Crippen LogP contribution in [0.5, 0.6) is 0 Å². The lowest BCUT2D eigenvalue weighted by Crippen LogP contribution is -2.47. The number of aromatic amines is 1. The first kappa shape index (κ1) is 20.0. The summed E-state index contributed by atoms with van der Waals surface area (Å²) in [6.45, 7) is 6.71. The summed E-state index contributed by atoms with van der Waals surface area (Å²) in [6.07, 6.45) is -0.0457. The predicted molar refractivity (Wildman–Crippen MR) is 126 cm³/mol. The van der Waals surface area contributed by atoms with Gasteiger partial charge >= 0.3 is 0 Å². The molecule has 0 bridgehead atoms. The van der Waals surface area contributed by atoms with E-state index < -0.39 is 9.04 Å². The third-order valence-electron chi connectivity index (χ3n) is 5.06. The van der Waals surface area contributed by atoms with Crippen LogP contribution in [0.4, 0.5) is 0 Å². The van der Waals surface area contributed by atoms with Gasteiger partial charge in [0.2, 0.25) is 9.04 Å². The van der Waals surface area contributed by atoms with Crippen LogP contribution >= 0.6 is 12.6 Å². The van der Waals surface area contributed by atoms with E-state index in [0.717, 1.165) is 16.6 Å². The summed E-state index contributed by atoms with van der Waals surface area (Å²) in [5.41, 5.74) is 3.01. The molecule has 0 aliphatic rings. The highest BCUT2D eigenvalue weighted by molar-refractivity contribution is 7.80. The van der Waals surface area contributed by atoms with Crippen molar-refractivity contribution in [2.45, 2.75) is 32.0 Å². The molecule has 4 rings (SSSR count). The van der Waals surface area contributed by atoms with Gasteiger partial charge in [0.05, 0.1) is 17.1 Å². The Kier molecular flexibility index (Phi) is 5.63. The van der Waals surface area contributed by atoms with Gasteiger partial charge in [-0.3, -0.25) is 0 Å². The van der Waals surface area contributed by atoms with Crippen LogP contribution < -0.4 is 10.4 Å². The van der Waals surface area contributed by atoms with Gasteiger partial charge in [0, 0.05) is 0 Å². The second-order valence-electron chi connectivity index (χ2n) is 8.42. The van der Waals surface area contributed by atoms with Crippen molar-refractivity contribution in [3.05, 3.63) is 84.4 Å². The fourth-order valence-corrected chi connectivity index (χ4v) is 6.61. The molecule has 0 aliphatic carbocycles. The number of imidazole rings is 1. The van der Waals surface area contributed by atoms with Gasteiger partial charge in [0.25, 0.3) is 0 Å². The molecule has 4 aromatic rings. The summed E-state index contributed by atoms with van der Waals surface area (Å²) >= 11 is 4.35. The first-order chi connectivity index (χ1) is 13.9. The number of thiol groups is 1. The van der Waals surface area contributed by atoms with Crippen LogP contribution in [0.2, 0.25) is 0 Å². The fraction of sp³-hybridized carbons (Fsp3) is 0.208. The number of rotatable bonds is 5. The highest BCUT2D eigenvalue weighted by atomic mass is 32.1. The molecular weight excluding hydrogens is 392 g/mol. The van der Waals surface area contributed by atoms with Crippen LogP contribution in [0, 0.1) is 5.41 Å². The molecule has 0 aliphatic heterocycles. The second-order valence-corrected chi connectivity index (χ2v) is 11.2. The summed E-state index contributed by atoms with van der Waals surface area (Å²) in [5, 5.41) is 3.20. The quantitative estimate of drug-likeness (QED) is 0.370. The Morgan fingerprint density at radius 1 is 0.897 bits per heavy atom. The number of hydrogen-bond donors (Lipinski definition) is 2. The van der Waals surface area contributed by atoms with Crippen molar-refractivity contribution in [2.24, 2.45) is 5.41 Å². The van der Waals surface area contributed by atoms with Gasteiger partial charge in [0.1, 0.15) is 0 Å². The molecule has 0 saturated carbocycles. The van der Waals surface area contributed by atoms with Crippen LogP contribution in [0.15, 0.2) is 84.0 Å². The highest BCUT2D eigenvalue weighted by Crippen LogP contribution is 2.37. The minimum atomic E-state index is -1.88. The number of hydrogen-bond acceptors (Lipinski definition) is 3. The van der Waals surface area contributed by atoms with Crippen molar-refractivity contribution in [3.63, 3.8) is 0 Å². The van der Waals surface area contributed by atoms with E-state index in [1.165, 1.54) is 10.4 Å². The molecule has 1 atom stereocenters. The topological polar surface area (TPSA) is 37.9 Å². The third-order valence-corrected chi connectivity index (χ3v) is 7.80. The van der Waals surface area contributed by atoms with E-state index in [1.54, 1.807) is 0 Å².